The SMILES string of the molecule is CCNC(CCO)C1CCCC(C)C1. The molecule has 1 aliphatic carbocycles. The topological polar surface area (TPSA) is 32.3 Å². The van der Waals surface area contributed by atoms with Crippen molar-refractivity contribution in [1.82, 2.24) is 5.32 Å². The molecule has 1 fully saturated rings. The van der Waals surface area contributed by atoms with Crippen LogP contribution in [-0.2, 0) is 0 Å². The Morgan fingerprint density at radius 1 is 1.43 bits per heavy atom. The summed E-state index contributed by atoms with van der Waals surface area (Å²) in [5.41, 5.74) is 0. The Balaban J connectivity index is 2.39. The lowest BCUT2D eigenvalue weighted by atomic mass is 9.78. The monoisotopic (exact) mass is 199 g/mol. The second-order valence-corrected chi connectivity index (χ2v) is 4.71. The zero-order chi connectivity index (χ0) is 10.4. The van der Waals surface area contributed by atoms with Gasteiger partial charge in [0.1, 0.15) is 0 Å². The standard InChI is InChI=1S/C12H25NO/c1-3-13-12(7-8-14)11-6-4-5-10(2)9-11/h10-14H,3-9H2,1-2H3. The van der Waals surface area contributed by atoms with Gasteiger partial charge in [0.25, 0.3) is 0 Å². The summed E-state index contributed by atoms with van der Waals surface area (Å²) in [4.78, 5) is 0. The maximum atomic E-state index is 9.02. The number of hydrogen-bond donors (Lipinski definition) is 2. The smallest absolute Gasteiger partial charge is 0.0445 e. The highest BCUT2D eigenvalue weighted by Crippen LogP contribution is 2.31. The molecule has 0 spiro atoms. The van der Waals surface area contributed by atoms with Crippen molar-refractivity contribution in [3.05, 3.63) is 0 Å². The van der Waals surface area contributed by atoms with Gasteiger partial charge in [-0.1, -0.05) is 26.7 Å². The maximum absolute atomic E-state index is 9.02. The van der Waals surface area contributed by atoms with Crippen LogP contribution in [0.2, 0.25) is 0 Å². The predicted molar refractivity (Wildman–Crippen MR) is 60.3 cm³/mol. The van der Waals surface area contributed by atoms with Crippen molar-refractivity contribution in [3.63, 3.8) is 0 Å². The van der Waals surface area contributed by atoms with E-state index in [-0.39, 0.29) is 0 Å². The van der Waals surface area contributed by atoms with Gasteiger partial charge < -0.3 is 10.4 Å². The number of aliphatic hydroxyl groups excluding tert-OH is 1. The molecule has 0 radical (unpaired) electrons. The lowest BCUT2D eigenvalue weighted by Gasteiger charge is -2.33. The van der Waals surface area contributed by atoms with Crippen LogP contribution >= 0.6 is 0 Å². The van der Waals surface area contributed by atoms with Crippen molar-refractivity contribution in [2.45, 2.75) is 52.0 Å². The molecule has 0 heterocycles. The molecule has 3 unspecified atom stereocenters. The molecule has 2 heteroatoms. The number of aliphatic hydroxyl groups is 1. The highest BCUT2D eigenvalue weighted by atomic mass is 16.3. The molecule has 0 aliphatic heterocycles. The van der Waals surface area contributed by atoms with Gasteiger partial charge >= 0.3 is 0 Å². The van der Waals surface area contributed by atoms with Gasteiger partial charge in [0.2, 0.25) is 0 Å². The predicted octanol–water partition coefficient (Wildman–Crippen LogP) is 2.17. The fraction of sp³-hybridized carbons (Fsp3) is 1.00. The van der Waals surface area contributed by atoms with E-state index >= 15 is 0 Å². The second-order valence-electron chi connectivity index (χ2n) is 4.71. The Labute approximate surface area is 88.1 Å². The molecule has 3 atom stereocenters. The Morgan fingerprint density at radius 2 is 2.21 bits per heavy atom. The average Bonchev–Trinajstić information content (AvgIpc) is 2.17. The second kappa shape index (κ2) is 6.41. The van der Waals surface area contributed by atoms with Gasteiger partial charge in [0, 0.05) is 12.6 Å². The van der Waals surface area contributed by atoms with Crippen LogP contribution in [0.5, 0.6) is 0 Å². The van der Waals surface area contributed by atoms with Gasteiger partial charge in [-0.15, -0.1) is 0 Å². The van der Waals surface area contributed by atoms with Gasteiger partial charge in [-0.25, -0.2) is 0 Å². The van der Waals surface area contributed by atoms with Gasteiger partial charge in [-0.05, 0) is 37.6 Å². The van der Waals surface area contributed by atoms with Crippen LogP contribution in [-0.4, -0.2) is 24.3 Å². The summed E-state index contributed by atoms with van der Waals surface area (Å²) in [6.45, 7) is 5.85. The normalized spacial score (nSPS) is 30.2. The molecular formula is C12H25NO. The summed E-state index contributed by atoms with van der Waals surface area (Å²) in [5, 5.41) is 12.5. The molecule has 84 valence electrons. The van der Waals surface area contributed by atoms with E-state index in [1.165, 1.54) is 25.7 Å². The van der Waals surface area contributed by atoms with Crippen LogP contribution in [0.25, 0.3) is 0 Å². The van der Waals surface area contributed by atoms with Crippen LogP contribution in [0.15, 0.2) is 0 Å². The first-order valence-corrected chi connectivity index (χ1v) is 6.12. The van der Waals surface area contributed by atoms with Gasteiger partial charge in [-0.3, -0.25) is 0 Å². The third kappa shape index (κ3) is 3.58. The van der Waals surface area contributed by atoms with Crippen LogP contribution in [0.4, 0.5) is 0 Å². The molecule has 0 bridgehead atoms. The number of nitrogens with one attached hydrogen (secondary N) is 1. The summed E-state index contributed by atoms with van der Waals surface area (Å²) in [5.74, 6) is 1.68. The third-order valence-corrected chi connectivity index (χ3v) is 3.45. The van der Waals surface area contributed by atoms with Gasteiger partial charge in [0.05, 0.1) is 0 Å². The summed E-state index contributed by atoms with van der Waals surface area (Å²) in [6.07, 6.45) is 6.39. The lowest BCUT2D eigenvalue weighted by Crippen LogP contribution is -2.39. The van der Waals surface area contributed by atoms with E-state index in [9.17, 15) is 0 Å². The maximum Gasteiger partial charge on any atom is 0.0445 e. The van der Waals surface area contributed by atoms with Crippen LogP contribution in [0, 0.1) is 11.8 Å². The summed E-state index contributed by atoms with van der Waals surface area (Å²) < 4.78 is 0. The Morgan fingerprint density at radius 3 is 2.79 bits per heavy atom. The fourth-order valence-corrected chi connectivity index (χ4v) is 2.75. The fourth-order valence-electron chi connectivity index (χ4n) is 2.75. The van der Waals surface area contributed by atoms with E-state index < -0.39 is 0 Å². The van der Waals surface area contributed by atoms with Crippen LogP contribution in [0.3, 0.4) is 0 Å². The van der Waals surface area contributed by atoms with Crippen molar-refractivity contribution in [3.8, 4) is 0 Å². The lowest BCUT2D eigenvalue weighted by molar-refractivity contribution is 0.185. The Bertz CT molecular complexity index is 141. The van der Waals surface area contributed by atoms with Crippen molar-refractivity contribution in [2.75, 3.05) is 13.2 Å². The zero-order valence-electron chi connectivity index (χ0n) is 9.63. The molecule has 0 aromatic heterocycles. The number of rotatable bonds is 5. The van der Waals surface area contributed by atoms with Crippen molar-refractivity contribution < 1.29 is 5.11 Å². The molecule has 2 nitrogen and oxygen atoms in total. The molecule has 2 N–H and O–H groups in total. The minimum atomic E-state index is 0.322. The minimum absolute atomic E-state index is 0.322. The summed E-state index contributed by atoms with van der Waals surface area (Å²) in [6, 6.07) is 0.549. The van der Waals surface area contributed by atoms with E-state index in [1.54, 1.807) is 0 Å². The first-order valence-electron chi connectivity index (χ1n) is 6.12. The molecular weight excluding hydrogens is 174 g/mol. The van der Waals surface area contributed by atoms with Crippen molar-refractivity contribution in [1.29, 1.82) is 0 Å². The number of hydrogen-bond acceptors (Lipinski definition) is 2. The molecule has 1 aliphatic rings. The van der Waals surface area contributed by atoms with Gasteiger partial charge in [-0.2, -0.15) is 0 Å². The largest absolute Gasteiger partial charge is 0.396 e. The van der Waals surface area contributed by atoms with E-state index in [4.69, 9.17) is 5.11 Å². The van der Waals surface area contributed by atoms with Crippen LogP contribution < -0.4 is 5.32 Å². The molecule has 0 aromatic rings. The van der Waals surface area contributed by atoms with Crippen molar-refractivity contribution >= 4 is 0 Å². The molecule has 0 aromatic carbocycles. The molecule has 0 amide bonds. The molecule has 1 saturated carbocycles. The Hall–Kier alpha value is -0.0800. The molecule has 14 heavy (non-hydrogen) atoms. The quantitative estimate of drug-likeness (QED) is 0.711. The first-order chi connectivity index (χ1) is 6.77. The van der Waals surface area contributed by atoms with Crippen LogP contribution in [0.1, 0.15) is 46.0 Å². The zero-order valence-corrected chi connectivity index (χ0v) is 9.63. The highest BCUT2D eigenvalue weighted by Gasteiger charge is 2.25. The highest BCUT2D eigenvalue weighted by molar-refractivity contribution is 4.81. The first kappa shape index (κ1) is 12.0. The Kier molecular flexibility index (Phi) is 5.49. The van der Waals surface area contributed by atoms with E-state index in [1.807, 2.05) is 0 Å². The summed E-state index contributed by atoms with van der Waals surface area (Å²) in [7, 11) is 0. The summed E-state index contributed by atoms with van der Waals surface area (Å²) >= 11 is 0. The van der Waals surface area contributed by atoms with E-state index in [0.717, 1.165) is 24.8 Å². The molecule has 0 saturated heterocycles. The average molecular weight is 199 g/mol. The minimum Gasteiger partial charge on any atom is -0.396 e. The van der Waals surface area contributed by atoms with E-state index in [2.05, 4.69) is 19.2 Å². The van der Waals surface area contributed by atoms with Crippen molar-refractivity contribution in [2.24, 2.45) is 11.8 Å². The van der Waals surface area contributed by atoms with Gasteiger partial charge in [0.15, 0.2) is 0 Å². The molecule has 1 rings (SSSR count). The third-order valence-electron chi connectivity index (χ3n) is 3.45. The van der Waals surface area contributed by atoms with E-state index in [0.29, 0.717) is 12.6 Å².